The molecule has 1 aromatic carbocycles. The molecule has 0 saturated carbocycles. The van der Waals surface area contributed by atoms with Crippen LogP contribution in [0.15, 0.2) is 48.8 Å². The first-order valence-corrected chi connectivity index (χ1v) is 6.56. The van der Waals surface area contributed by atoms with Crippen molar-refractivity contribution >= 4 is 11.6 Å². The standard InChI is InChI=1S/C15H15N3O4/c1-17(10-12-5-7-16-8-6-12)15(19)11-22-14-4-2-3-13(9-14)18(20)21/h2-9H,10-11H2,1H3. The molecule has 0 saturated heterocycles. The summed E-state index contributed by atoms with van der Waals surface area (Å²) in [7, 11) is 1.67. The maximum absolute atomic E-state index is 12.0. The van der Waals surface area contributed by atoms with Gasteiger partial charge in [-0.2, -0.15) is 0 Å². The van der Waals surface area contributed by atoms with Crippen LogP contribution in [0.1, 0.15) is 5.56 Å². The van der Waals surface area contributed by atoms with Crippen molar-refractivity contribution in [2.75, 3.05) is 13.7 Å². The van der Waals surface area contributed by atoms with E-state index in [0.717, 1.165) is 5.56 Å². The van der Waals surface area contributed by atoms with Crippen LogP contribution in [0, 0.1) is 10.1 Å². The van der Waals surface area contributed by atoms with Crippen LogP contribution in [0.5, 0.6) is 5.75 Å². The second kappa shape index (κ2) is 7.16. The fourth-order valence-electron chi connectivity index (χ4n) is 1.79. The van der Waals surface area contributed by atoms with Gasteiger partial charge in [0.1, 0.15) is 5.75 Å². The average molecular weight is 301 g/mol. The molecular weight excluding hydrogens is 286 g/mol. The minimum absolute atomic E-state index is 0.0740. The Labute approximate surface area is 127 Å². The molecule has 114 valence electrons. The lowest BCUT2D eigenvalue weighted by atomic mass is 10.2. The third-order valence-electron chi connectivity index (χ3n) is 2.99. The number of pyridine rings is 1. The molecule has 7 heteroatoms. The second-order valence-corrected chi connectivity index (χ2v) is 4.65. The Hall–Kier alpha value is -2.96. The fourth-order valence-corrected chi connectivity index (χ4v) is 1.79. The summed E-state index contributed by atoms with van der Waals surface area (Å²) in [6.45, 7) is 0.266. The number of aromatic nitrogens is 1. The van der Waals surface area contributed by atoms with Gasteiger partial charge in [-0.1, -0.05) is 6.07 Å². The van der Waals surface area contributed by atoms with Gasteiger partial charge in [0.15, 0.2) is 6.61 Å². The van der Waals surface area contributed by atoms with Gasteiger partial charge in [-0.3, -0.25) is 19.9 Å². The lowest BCUT2D eigenvalue weighted by Crippen LogP contribution is -2.30. The van der Waals surface area contributed by atoms with Gasteiger partial charge in [-0.25, -0.2) is 0 Å². The van der Waals surface area contributed by atoms with Crippen LogP contribution in [0.3, 0.4) is 0 Å². The van der Waals surface area contributed by atoms with Crippen molar-refractivity contribution in [3.8, 4) is 5.75 Å². The zero-order valence-corrected chi connectivity index (χ0v) is 12.0. The van der Waals surface area contributed by atoms with E-state index in [9.17, 15) is 14.9 Å². The predicted octanol–water partition coefficient (Wildman–Crippen LogP) is 2.03. The number of carbonyl (C=O) groups is 1. The molecule has 0 aliphatic rings. The molecule has 7 nitrogen and oxygen atoms in total. The van der Waals surface area contributed by atoms with Crippen molar-refractivity contribution in [3.05, 3.63) is 64.5 Å². The van der Waals surface area contributed by atoms with Crippen molar-refractivity contribution < 1.29 is 14.5 Å². The number of hydrogen-bond donors (Lipinski definition) is 0. The maximum atomic E-state index is 12.0. The van der Waals surface area contributed by atoms with E-state index in [1.807, 2.05) is 12.1 Å². The fraction of sp³-hybridized carbons (Fsp3) is 0.200. The van der Waals surface area contributed by atoms with E-state index in [4.69, 9.17) is 4.74 Å². The van der Waals surface area contributed by atoms with Crippen LogP contribution in [0.4, 0.5) is 5.69 Å². The third-order valence-corrected chi connectivity index (χ3v) is 2.99. The Morgan fingerprint density at radius 2 is 2.05 bits per heavy atom. The second-order valence-electron chi connectivity index (χ2n) is 4.65. The number of rotatable bonds is 6. The summed E-state index contributed by atoms with van der Waals surface area (Å²) in [6, 6.07) is 9.39. The zero-order valence-electron chi connectivity index (χ0n) is 12.0. The molecule has 0 fully saturated rings. The number of nitrogens with zero attached hydrogens (tertiary/aromatic N) is 3. The topological polar surface area (TPSA) is 85.6 Å². The molecule has 1 amide bonds. The summed E-state index contributed by atoms with van der Waals surface area (Å²) in [5.41, 5.74) is 0.885. The number of nitro benzene ring substituents is 1. The number of amides is 1. The molecule has 1 aromatic heterocycles. The molecule has 1 heterocycles. The summed E-state index contributed by atoms with van der Waals surface area (Å²) in [5, 5.41) is 10.7. The third kappa shape index (κ3) is 4.27. The van der Waals surface area contributed by atoms with E-state index in [2.05, 4.69) is 4.98 Å². The molecule has 2 rings (SSSR count). The first-order chi connectivity index (χ1) is 10.6. The van der Waals surface area contributed by atoms with Crippen molar-refractivity contribution in [1.29, 1.82) is 0 Å². The normalized spacial score (nSPS) is 10.0. The Balaban J connectivity index is 1.89. The number of carbonyl (C=O) groups excluding carboxylic acids is 1. The number of likely N-dealkylation sites (N-methyl/N-ethyl adjacent to an activating group) is 1. The van der Waals surface area contributed by atoms with Crippen LogP contribution >= 0.6 is 0 Å². The molecule has 0 aliphatic carbocycles. The molecular formula is C15H15N3O4. The maximum Gasteiger partial charge on any atom is 0.273 e. The molecule has 0 aliphatic heterocycles. The predicted molar refractivity (Wildman–Crippen MR) is 79.3 cm³/mol. The van der Waals surface area contributed by atoms with E-state index in [0.29, 0.717) is 12.3 Å². The molecule has 0 radical (unpaired) electrons. The van der Waals surface area contributed by atoms with Gasteiger partial charge in [-0.05, 0) is 23.8 Å². The van der Waals surface area contributed by atoms with E-state index >= 15 is 0 Å². The molecule has 0 N–H and O–H groups in total. The number of benzene rings is 1. The van der Waals surface area contributed by atoms with Crippen LogP contribution in [-0.4, -0.2) is 34.4 Å². The van der Waals surface area contributed by atoms with Gasteiger partial charge < -0.3 is 9.64 Å². The van der Waals surface area contributed by atoms with E-state index in [1.54, 1.807) is 25.5 Å². The highest BCUT2D eigenvalue weighted by Gasteiger charge is 2.12. The zero-order chi connectivity index (χ0) is 15.9. The summed E-state index contributed by atoms with van der Waals surface area (Å²) < 4.78 is 5.31. The van der Waals surface area contributed by atoms with Gasteiger partial charge >= 0.3 is 0 Å². The summed E-state index contributed by atoms with van der Waals surface area (Å²) in [5.74, 6) is 0.0724. The van der Waals surface area contributed by atoms with Crippen molar-refractivity contribution in [3.63, 3.8) is 0 Å². The van der Waals surface area contributed by atoms with Crippen molar-refractivity contribution in [2.45, 2.75) is 6.54 Å². The number of non-ortho nitro benzene ring substituents is 1. The SMILES string of the molecule is CN(Cc1ccncc1)C(=O)COc1cccc([N+](=O)[O-])c1. The monoisotopic (exact) mass is 301 g/mol. The Kier molecular flexibility index (Phi) is 5.02. The molecule has 0 atom stereocenters. The summed E-state index contributed by atoms with van der Waals surface area (Å²) >= 11 is 0. The quantitative estimate of drug-likeness (QED) is 0.602. The van der Waals surface area contributed by atoms with Crippen LogP contribution < -0.4 is 4.74 Å². The number of hydrogen-bond acceptors (Lipinski definition) is 5. The molecule has 0 bridgehead atoms. The molecule has 22 heavy (non-hydrogen) atoms. The van der Waals surface area contributed by atoms with Crippen LogP contribution in [-0.2, 0) is 11.3 Å². The average Bonchev–Trinajstić information content (AvgIpc) is 2.53. The largest absolute Gasteiger partial charge is 0.484 e. The van der Waals surface area contributed by atoms with Crippen LogP contribution in [0.25, 0.3) is 0 Å². The Morgan fingerprint density at radius 3 is 2.73 bits per heavy atom. The summed E-state index contributed by atoms with van der Waals surface area (Å²) in [6.07, 6.45) is 3.32. The number of nitro groups is 1. The molecule has 2 aromatic rings. The van der Waals surface area contributed by atoms with Gasteiger partial charge in [0.05, 0.1) is 11.0 Å². The molecule has 0 unspecified atom stereocenters. The van der Waals surface area contributed by atoms with Crippen molar-refractivity contribution in [2.24, 2.45) is 0 Å². The Bertz CT molecular complexity index is 661. The highest BCUT2D eigenvalue weighted by Crippen LogP contribution is 2.19. The van der Waals surface area contributed by atoms with Gasteiger partial charge in [-0.15, -0.1) is 0 Å². The number of ether oxygens (including phenoxy) is 1. The first kappa shape index (κ1) is 15.4. The van der Waals surface area contributed by atoms with E-state index < -0.39 is 4.92 Å². The van der Waals surface area contributed by atoms with Gasteiger partial charge in [0.25, 0.3) is 11.6 Å². The summed E-state index contributed by atoms with van der Waals surface area (Å²) in [4.78, 5) is 27.6. The van der Waals surface area contributed by atoms with Crippen LogP contribution in [0.2, 0.25) is 0 Å². The highest BCUT2D eigenvalue weighted by atomic mass is 16.6. The van der Waals surface area contributed by atoms with Gasteiger partial charge in [0, 0.05) is 32.1 Å². The minimum Gasteiger partial charge on any atom is -0.484 e. The highest BCUT2D eigenvalue weighted by molar-refractivity contribution is 5.77. The lowest BCUT2D eigenvalue weighted by Gasteiger charge is -2.17. The van der Waals surface area contributed by atoms with Crippen molar-refractivity contribution in [1.82, 2.24) is 9.88 Å². The van der Waals surface area contributed by atoms with E-state index in [1.165, 1.54) is 23.1 Å². The smallest absolute Gasteiger partial charge is 0.273 e. The van der Waals surface area contributed by atoms with E-state index in [-0.39, 0.29) is 18.2 Å². The van der Waals surface area contributed by atoms with Gasteiger partial charge in [0.2, 0.25) is 0 Å². The molecule has 0 spiro atoms. The first-order valence-electron chi connectivity index (χ1n) is 6.56. The Morgan fingerprint density at radius 1 is 1.32 bits per heavy atom. The lowest BCUT2D eigenvalue weighted by molar-refractivity contribution is -0.384. The minimum atomic E-state index is -0.510.